The summed E-state index contributed by atoms with van der Waals surface area (Å²) >= 11 is 0. The first-order chi connectivity index (χ1) is 16.9. The number of hydrogen-bond donors (Lipinski definition) is 2. The van der Waals surface area contributed by atoms with Gasteiger partial charge in [-0.05, 0) is 48.2 Å². The van der Waals surface area contributed by atoms with Crippen LogP contribution in [0, 0.1) is 5.92 Å². The number of carbonyl (C=O) groups excluding carboxylic acids is 1. The average molecular weight is 537 g/mol. The lowest BCUT2D eigenvalue weighted by atomic mass is 10.0. The van der Waals surface area contributed by atoms with Crippen LogP contribution in [0.5, 0.6) is 0 Å². The van der Waals surface area contributed by atoms with Crippen molar-refractivity contribution in [3.63, 3.8) is 0 Å². The molecule has 0 aromatic heterocycles. The van der Waals surface area contributed by atoms with Crippen LogP contribution in [0.1, 0.15) is 24.0 Å². The number of carbonyl (C=O) groups is 1. The van der Waals surface area contributed by atoms with Crippen LogP contribution in [0.4, 0.5) is 0 Å². The molecule has 2 aliphatic rings. The van der Waals surface area contributed by atoms with E-state index in [2.05, 4.69) is 5.32 Å². The Morgan fingerprint density at radius 2 is 1.39 bits per heavy atom. The van der Waals surface area contributed by atoms with E-state index in [1.165, 1.54) is 0 Å². The van der Waals surface area contributed by atoms with Gasteiger partial charge in [0.15, 0.2) is 19.7 Å². The van der Waals surface area contributed by atoms with E-state index >= 15 is 0 Å². The van der Waals surface area contributed by atoms with Gasteiger partial charge in [0.1, 0.15) is 6.10 Å². The van der Waals surface area contributed by atoms with Gasteiger partial charge >= 0.3 is 0 Å². The summed E-state index contributed by atoms with van der Waals surface area (Å²) in [5, 5.41) is 13.9. The van der Waals surface area contributed by atoms with E-state index in [4.69, 9.17) is 4.74 Å². The standard InChI is InChI=1S/C25H32N2O7S2/c1-35(30,31)20-9-3-17(4-10-20)14-27(15-18-5-11-21(12-6-18)36(2,32)33)22-16-34-23(24(22)28)13-26-25(29)19-7-8-19/h3-6,9-12,19,22-24,28H,7-8,13-16H2,1-2H3,(H,26,29). The molecule has 1 saturated heterocycles. The van der Waals surface area contributed by atoms with Gasteiger partial charge in [-0.2, -0.15) is 0 Å². The molecule has 2 aromatic rings. The van der Waals surface area contributed by atoms with Gasteiger partial charge < -0.3 is 15.2 Å². The fourth-order valence-electron chi connectivity index (χ4n) is 4.30. The Kier molecular flexibility index (Phi) is 7.86. The molecule has 4 rings (SSSR count). The molecular weight excluding hydrogens is 504 g/mol. The summed E-state index contributed by atoms with van der Waals surface area (Å²) in [6.07, 6.45) is 2.71. The van der Waals surface area contributed by atoms with E-state index in [1.807, 2.05) is 4.90 Å². The summed E-state index contributed by atoms with van der Waals surface area (Å²) in [6, 6.07) is 12.8. The first kappa shape index (κ1) is 26.7. The molecule has 1 aliphatic carbocycles. The monoisotopic (exact) mass is 536 g/mol. The lowest BCUT2D eigenvalue weighted by Crippen LogP contribution is -2.46. The molecule has 0 spiro atoms. The van der Waals surface area contributed by atoms with Crippen LogP contribution in [-0.2, 0) is 42.3 Å². The third-order valence-corrected chi connectivity index (χ3v) is 8.88. The Hall–Kier alpha value is -2.31. The molecule has 2 N–H and O–H groups in total. The van der Waals surface area contributed by atoms with E-state index in [1.54, 1.807) is 48.5 Å². The molecule has 36 heavy (non-hydrogen) atoms. The molecule has 3 atom stereocenters. The Labute approximate surface area is 212 Å². The van der Waals surface area contributed by atoms with Crippen molar-refractivity contribution in [1.29, 1.82) is 0 Å². The number of nitrogens with one attached hydrogen (secondary N) is 1. The predicted molar refractivity (Wildman–Crippen MR) is 134 cm³/mol. The summed E-state index contributed by atoms with van der Waals surface area (Å²) in [4.78, 5) is 14.5. The molecule has 2 fully saturated rings. The quantitative estimate of drug-likeness (QED) is 0.463. The summed E-state index contributed by atoms with van der Waals surface area (Å²) in [5.41, 5.74) is 1.71. The fourth-order valence-corrected chi connectivity index (χ4v) is 5.56. The van der Waals surface area contributed by atoms with Crippen LogP contribution in [0.2, 0.25) is 0 Å². The highest BCUT2D eigenvalue weighted by atomic mass is 32.2. The first-order valence-corrected chi connectivity index (χ1v) is 15.6. The van der Waals surface area contributed by atoms with Gasteiger partial charge in [0.05, 0.1) is 28.5 Å². The Morgan fingerprint density at radius 3 is 1.81 bits per heavy atom. The van der Waals surface area contributed by atoms with Crippen molar-refractivity contribution in [3.05, 3.63) is 59.7 Å². The first-order valence-electron chi connectivity index (χ1n) is 11.8. The lowest BCUT2D eigenvalue weighted by Gasteiger charge is -2.31. The SMILES string of the molecule is CS(=O)(=O)c1ccc(CN(Cc2ccc(S(C)(=O)=O)cc2)C2COC(CNC(=O)C3CC3)C2O)cc1. The number of ether oxygens (including phenoxy) is 1. The number of aliphatic hydroxyl groups is 1. The molecule has 0 bridgehead atoms. The largest absolute Gasteiger partial charge is 0.389 e. The van der Waals surface area contributed by atoms with Gasteiger partial charge in [-0.3, -0.25) is 9.69 Å². The fraction of sp³-hybridized carbons (Fsp3) is 0.480. The van der Waals surface area contributed by atoms with E-state index < -0.39 is 31.9 Å². The van der Waals surface area contributed by atoms with Gasteiger partial charge in [-0.25, -0.2) is 16.8 Å². The van der Waals surface area contributed by atoms with Crippen molar-refractivity contribution in [2.75, 3.05) is 25.7 Å². The zero-order valence-corrected chi connectivity index (χ0v) is 22.0. The number of sulfone groups is 2. The van der Waals surface area contributed by atoms with Crippen molar-refractivity contribution in [1.82, 2.24) is 10.2 Å². The number of amides is 1. The highest BCUT2D eigenvalue weighted by molar-refractivity contribution is 7.91. The molecule has 3 unspecified atom stereocenters. The zero-order valence-electron chi connectivity index (χ0n) is 20.3. The van der Waals surface area contributed by atoms with Crippen molar-refractivity contribution < 1.29 is 31.5 Å². The summed E-state index contributed by atoms with van der Waals surface area (Å²) in [5.74, 6) is 0.0590. The molecule has 0 radical (unpaired) electrons. The molecule has 1 heterocycles. The molecule has 1 amide bonds. The lowest BCUT2D eigenvalue weighted by molar-refractivity contribution is -0.123. The molecule has 11 heteroatoms. The van der Waals surface area contributed by atoms with Gasteiger partial charge in [0.25, 0.3) is 0 Å². The van der Waals surface area contributed by atoms with Crippen LogP contribution < -0.4 is 5.32 Å². The van der Waals surface area contributed by atoms with Crippen molar-refractivity contribution >= 4 is 25.6 Å². The maximum Gasteiger partial charge on any atom is 0.223 e. The molecule has 1 aliphatic heterocycles. The summed E-state index contributed by atoms with van der Waals surface area (Å²) in [6.45, 7) is 1.30. The van der Waals surface area contributed by atoms with Gasteiger partial charge in [-0.15, -0.1) is 0 Å². The minimum atomic E-state index is -3.32. The highest BCUT2D eigenvalue weighted by Crippen LogP contribution is 2.29. The maximum atomic E-state index is 12.0. The number of benzene rings is 2. The van der Waals surface area contributed by atoms with Crippen LogP contribution in [0.25, 0.3) is 0 Å². The normalized spacial score (nSPS) is 22.6. The van der Waals surface area contributed by atoms with Gasteiger partial charge in [0.2, 0.25) is 5.91 Å². The third-order valence-electron chi connectivity index (χ3n) is 6.63. The topological polar surface area (TPSA) is 130 Å². The molecular formula is C25H32N2O7S2. The Balaban J connectivity index is 1.51. The van der Waals surface area contributed by atoms with Crippen LogP contribution in [0.15, 0.2) is 58.3 Å². The number of nitrogens with zero attached hydrogens (tertiary/aromatic N) is 1. The average Bonchev–Trinajstić information content (AvgIpc) is 3.60. The van der Waals surface area contributed by atoms with Crippen LogP contribution in [0.3, 0.4) is 0 Å². The molecule has 196 valence electrons. The van der Waals surface area contributed by atoms with Gasteiger partial charge in [0, 0.05) is 38.1 Å². The maximum absolute atomic E-state index is 12.0. The summed E-state index contributed by atoms with van der Waals surface area (Å²) < 4.78 is 53.1. The van der Waals surface area contributed by atoms with Crippen LogP contribution in [-0.4, -0.2) is 76.7 Å². The minimum Gasteiger partial charge on any atom is -0.389 e. The second-order valence-corrected chi connectivity index (χ2v) is 13.7. The molecule has 9 nitrogen and oxygen atoms in total. The second kappa shape index (κ2) is 10.6. The second-order valence-electron chi connectivity index (χ2n) is 9.69. The highest BCUT2D eigenvalue weighted by Gasteiger charge is 2.40. The van der Waals surface area contributed by atoms with E-state index in [0.717, 1.165) is 36.5 Å². The molecule has 1 saturated carbocycles. The van der Waals surface area contributed by atoms with E-state index in [-0.39, 0.29) is 40.8 Å². The minimum absolute atomic E-state index is 0.0111. The predicted octanol–water partition coefficient (Wildman–Crippen LogP) is 1.15. The van der Waals surface area contributed by atoms with Crippen molar-refractivity contribution in [2.24, 2.45) is 5.92 Å². The zero-order chi connectivity index (χ0) is 26.1. The van der Waals surface area contributed by atoms with Crippen molar-refractivity contribution in [2.45, 2.75) is 54.0 Å². The van der Waals surface area contributed by atoms with Gasteiger partial charge in [-0.1, -0.05) is 24.3 Å². The van der Waals surface area contributed by atoms with E-state index in [0.29, 0.717) is 13.1 Å². The van der Waals surface area contributed by atoms with Crippen LogP contribution >= 0.6 is 0 Å². The Bertz CT molecular complexity index is 1210. The van der Waals surface area contributed by atoms with Crippen molar-refractivity contribution in [3.8, 4) is 0 Å². The summed E-state index contributed by atoms with van der Waals surface area (Å²) in [7, 11) is -6.63. The number of aliphatic hydroxyl groups excluding tert-OH is 1. The van der Waals surface area contributed by atoms with E-state index in [9.17, 15) is 26.7 Å². The number of hydrogen-bond acceptors (Lipinski definition) is 8. The molecule has 2 aromatic carbocycles. The number of rotatable bonds is 10. The third kappa shape index (κ3) is 6.71. The smallest absolute Gasteiger partial charge is 0.223 e. The Morgan fingerprint density at radius 1 is 0.917 bits per heavy atom.